The first-order valence-electron chi connectivity index (χ1n) is 11.0. The Morgan fingerprint density at radius 1 is 1.00 bits per heavy atom. The monoisotopic (exact) mass is 444 g/mol. The summed E-state index contributed by atoms with van der Waals surface area (Å²) in [6.07, 6.45) is 0.835. The second kappa shape index (κ2) is 8.27. The lowest BCUT2D eigenvalue weighted by atomic mass is 10.0. The number of hydrogen-bond acceptors (Lipinski definition) is 5. The topological polar surface area (TPSA) is 75.4 Å². The van der Waals surface area contributed by atoms with Gasteiger partial charge in [-0.15, -0.1) is 0 Å². The van der Waals surface area contributed by atoms with Crippen LogP contribution >= 0.6 is 0 Å². The van der Waals surface area contributed by atoms with Gasteiger partial charge in [0.25, 0.3) is 5.91 Å². The zero-order valence-corrected chi connectivity index (χ0v) is 18.8. The van der Waals surface area contributed by atoms with Crippen molar-refractivity contribution in [2.75, 3.05) is 18.4 Å². The molecule has 1 saturated heterocycles. The van der Waals surface area contributed by atoms with Crippen LogP contribution < -0.4 is 5.32 Å². The van der Waals surface area contributed by atoms with Crippen molar-refractivity contribution in [3.8, 4) is 0 Å². The summed E-state index contributed by atoms with van der Waals surface area (Å²) in [6, 6.07) is 13.9. The number of rotatable bonds is 4. The molecule has 0 bridgehead atoms. The van der Waals surface area contributed by atoms with Gasteiger partial charge in [-0.3, -0.25) is 9.78 Å². The second-order valence-corrected chi connectivity index (χ2v) is 8.63. The molecule has 5 rings (SSSR count). The standard InChI is InChI=1S/C25H25FN6O/c1-15-10-17(3)32-24(28-15)13-23(30-32)25(33)31-9-8-18(14-31)22-12-21(11-16(2)27-22)29-20-6-4-19(26)5-7-20/h4-7,10-13,18H,8-9,14H2,1-3H3,(H,27,29)/t18-/m1/s1. The lowest BCUT2D eigenvalue weighted by Crippen LogP contribution is -2.29. The number of pyridine rings is 1. The first-order valence-corrected chi connectivity index (χ1v) is 11.0. The van der Waals surface area contributed by atoms with Gasteiger partial charge in [0.1, 0.15) is 5.82 Å². The van der Waals surface area contributed by atoms with Gasteiger partial charge in [-0.25, -0.2) is 13.9 Å². The van der Waals surface area contributed by atoms with Gasteiger partial charge in [-0.1, -0.05) is 0 Å². The molecule has 7 nitrogen and oxygen atoms in total. The van der Waals surface area contributed by atoms with E-state index in [9.17, 15) is 9.18 Å². The highest BCUT2D eigenvalue weighted by molar-refractivity contribution is 5.93. The molecule has 1 fully saturated rings. The number of anilines is 2. The Morgan fingerprint density at radius 2 is 1.76 bits per heavy atom. The minimum absolute atomic E-state index is 0.0858. The summed E-state index contributed by atoms with van der Waals surface area (Å²) in [7, 11) is 0. The fourth-order valence-electron chi connectivity index (χ4n) is 4.41. The number of carbonyl (C=O) groups is 1. The van der Waals surface area contributed by atoms with Gasteiger partial charge in [0.15, 0.2) is 11.3 Å². The third kappa shape index (κ3) is 4.28. The van der Waals surface area contributed by atoms with Crippen molar-refractivity contribution in [1.29, 1.82) is 0 Å². The van der Waals surface area contributed by atoms with Crippen LogP contribution in [0.5, 0.6) is 0 Å². The van der Waals surface area contributed by atoms with Crippen LogP contribution in [-0.4, -0.2) is 43.5 Å². The Balaban J connectivity index is 1.33. The van der Waals surface area contributed by atoms with E-state index in [-0.39, 0.29) is 17.6 Å². The lowest BCUT2D eigenvalue weighted by Gasteiger charge is -2.16. The van der Waals surface area contributed by atoms with Gasteiger partial charge in [0.2, 0.25) is 0 Å². The molecule has 1 atom stereocenters. The molecule has 0 spiro atoms. The van der Waals surface area contributed by atoms with E-state index in [1.165, 1.54) is 12.1 Å². The molecular formula is C25H25FN6O. The van der Waals surface area contributed by atoms with Gasteiger partial charge in [-0.2, -0.15) is 5.10 Å². The maximum Gasteiger partial charge on any atom is 0.274 e. The van der Waals surface area contributed by atoms with Crippen molar-refractivity contribution in [3.63, 3.8) is 0 Å². The number of benzene rings is 1. The SMILES string of the molecule is Cc1cc(Nc2ccc(F)cc2)cc([C@@H]2CCN(C(=O)c3cc4nc(C)cc(C)n4n3)C2)n1. The Kier molecular flexibility index (Phi) is 5.28. The fraction of sp³-hybridized carbons (Fsp3) is 0.280. The quantitative estimate of drug-likeness (QED) is 0.499. The Morgan fingerprint density at radius 3 is 2.55 bits per heavy atom. The third-order valence-corrected chi connectivity index (χ3v) is 5.95. The number of likely N-dealkylation sites (tertiary alicyclic amines) is 1. The van der Waals surface area contributed by atoms with E-state index < -0.39 is 0 Å². The lowest BCUT2D eigenvalue weighted by molar-refractivity contribution is 0.0784. The second-order valence-electron chi connectivity index (χ2n) is 8.63. The van der Waals surface area contributed by atoms with E-state index in [2.05, 4.69) is 15.4 Å². The number of amides is 1. The zero-order valence-electron chi connectivity index (χ0n) is 18.8. The summed E-state index contributed by atoms with van der Waals surface area (Å²) in [5, 5.41) is 7.80. The number of nitrogens with zero attached hydrogens (tertiary/aromatic N) is 5. The molecule has 3 aromatic heterocycles. The largest absolute Gasteiger partial charge is 0.355 e. The first kappa shape index (κ1) is 21.1. The number of halogens is 1. The number of carbonyl (C=O) groups excluding carboxylic acids is 1. The summed E-state index contributed by atoms with van der Waals surface area (Å²) in [4.78, 5) is 24.2. The Hall–Kier alpha value is -3.81. The molecule has 8 heteroatoms. The highest BCUT2D eigenvalue weighted by atomic mass is 19.1. The number of aryl methyl sites for hydroxylation is 3. The summed E-state index contributed by atoms with van der Waals surface area (Å²) in [5.74, 6) is -0.214. The Labute approximate surface area is 191 Å². The van der Waals surface area contributed by atoms with Crippen LogP contribution in [0.2, 0.25) is 0 Å². The first-order chi connectivity index (χ1) is 15.9. The molecule has 4 aromatic rings. The Bertz CT molecular complexity index is 1350. The van der Waals surface area contributed by atoms with Crippen molar-refractivity contribution in [2.45, 2.75) is 33.1 Å². The van der Waals surface area contributed by atoms with Crippen LogP contribution in [0, 0.1) is 26.6 Å². The third-order valence-electron chi connectivity index (χ3n) is 5.95. The van der Waals surface area contributed by atoms with Crippen molar-refractivity contribution < 1.29 is 9.18 Å². The molecule has 0 radical (unpaired) electrons. The molecule has 0 saturated carbocycles. The molecule has 1 amide bonds. The summed E-state index contributed by atoms with van der Waals surface area (Å²) >= 11 is 0. The van der Waals surface area contributed by atoms with Gasteiger partial charge >= 0.3 is 0 Å². The van der Waals surface area contributed by atoms with E-state index in [1.807, 2.05) is 43.9 Å². The summed E-state index contributed by atoms with van der Waals surface area (Å²) in [5.41, 5.74) is 6.47. The van der Waals surface area contributed by atoms with Crippen LogP contribution in [0.3, 0.4) is 0 Å². The zero-order chi connectivity index (χ0) is 23.1. The number of nitrogens with one attached hydrogen (secondary N) is 1. The number of aromatic nitrogens is 4. The van der Waals surface area contributed by atoms with Crippen LogP contribution in [0.1, 0.15) is 45.6 Å². The predicted octanol–water partition coefficient (Wildman–Crippen LogP) is 4.56. The maximum atomic E-state index is 13.2. The number of fused-ring (bicyclic) bond motifs is 1. The van der Waals surface area contributed by atoms with E-state index in [0.717, 1.165) is 40.6 Å². The van der Waals surface area contributed by atoms with Gasteiger partial charge < -0.3 is 10.2 Å². The van der Waals surface area contributed by atoms with E-state index in [1.54, 1.807) is 22.7 Å². The molecule has 1 aliphatic rings. The smallest absolute Gasteiger partial charge is 0.274 e. The fourth-order valence-corrected chi connectivity index (χ4v) is 4.41. The molecule has 1 N–H and O–H groups in total. The van der Waals surface area contributed by atoms with Crippen molar-refractivity contribution in [3.05, 3.63) is 82.8 Å². The van der Waals surface area contributed by atoms with Gasteiger partial charge in [0.05, 0.1) is 0 Å². The molecule has 4 heterocycles. The highest BCUT2D eigenvalue weighted by Crippen LogP contribution is 2.30. The minimum atomic E-state index is -0.269. The van der Waals surface area contributed by atoms with Crippen LogP contribution in [-0.2, 0) is 0 Å². The van der Waals surface area contributed by atoms with Crippen LogP contribution in [0.15, 0.2) is 48.5 Å². The van der Waals surface area contributed by atoms with Crippen molar-refractivity contribution in [1.82, 2.24) is 24.5 Å². The molecule has 0 aliphatic carbocycles. The maximum absolute atomic E-state index is 13.2. The number of hydrogen-bond donors (Lipinski definition) is 1. The highest BCUT2D eigenvalue weighted by Gasteiger charge is 2.30. The van der Waals surface area contributed by atoms with Gasteiger partial charge in [0, 0.05) is 59.2 Å². The molecule has 168 valence electrons. The van der Waals surface area contributed by atoms with Crippen molar-refractivity contribution in [2.24, 2.45) is 0 Å². The molecular weight excluding hydrogens is 419 g/mol. The van der Waals surface area contributed by atoms with E-state index in [4.69, 9.17) is 4.98 Å². The molecule has 0 unspecified atom stereocenters. The molecule has 1 aromatic carbocycles. The van der Waals surface area contributed by atoms with Gasteiger partial charge in [-0.05, 0) is 69.7 Å². The molecule has 33 heavy (non-hydrogen) atoms. The summed E-state index contributed by atoms with van der Waals surface area (Å²) in [6.45, 7) is 7.07. The predicted molar refractivity (Wildman–Crippen MR) is 124 cm³/mol. The summed E-state index contributed by atoms with van der Waals surface area (Å²) < 4.78 is 14.9. The van der Waals surface area contributed by atoms with Crippen LogP contribution in [0.25, 0.3) is 5.65 Å². The van der Waals surface area contributed by atoms with Crippen LogP contribution in [0.4, 0.5) is 15.8 Å². The minimum Gasteiger partial charge on any atom is -0.355 e. The van der Waals surface area contributed by atoms with E-state index >= 15 is 0 Å². The molecule has 1 aliphatic heterocycles. The normalized spacial score (nSPS) is 15.9. The average molecular weight is 445 g/mol. The van der Waals surface area contributed by atoms with E-state index in [0.29, 0.717) is 24.4 Å². The van der Waals surface area contributed by atoms with Crippen molar-refractivity contribution >= 4 is 22.9 Å². The average Bonchev–Trinajstić information content (AvgIpc) is 3.42.